The lowest BCUT2D eigenvalue weighted by Crippen LogP contribution is -2.24. The third-order valence-corrected chi connectivity index (χ3v) is 3.35. The van der Waals surface area contributed by atoms with Gasteiger partial charge in [0.1, 0.15) is 5.76 Å². The molecule has 0 radical (unpaired) electrons. The number of nitrogens with one attached hydrogen (secondary N) is 1. The van der Waals surface area contributed by atoms with Gasteiger partial charge in [-0.1, -0.05) is 11.2 Å². The van der Waals surface area contributed by atoms with E-state index in [-0.39, 0.29) is 5.91 Å². The standard InChI is InChI=1S/C14H16N2O2S/c1-8-4-5-11(19)6-12(8)14(17)15-7-13-9(2)16-18-10(13)3/h4-6,19H,7H2,1-3H3,(H,15,17). The first-order chi connectivity index (χ1) is 8.99. The summed E-state index contributed by atoms with van der Waals surface area (Å²) in [4.78, 5) is 12.9. The van der Waals surface area contributed by atoms with Gasteiger partial charge in [-0.25, -0.2) is 0 Å². The lowest BCUT2D eigenvalue weighted by molar-refractivity contribution is 0.0950. The minimum atomic E-state index is -0.117. The largest absolute Gasteiger partial charge is 0.361 e. The maximum Gasteiger partial charge on any atom is 0.251 e. The fourth-order valence-electron chi connectivity index (χ4n) is 1.87. The number of aromatic nitrogens is 1. The molecule has 2 aromatic rings. The van der Waals surface area contributed by atoms with Crippen LogP contribution in [0.4, 0.5) is 0 Å². The van der Waals surface area contributed by atoms with E-state index in [4.69, 9.17) is 4.52 Å². The molecule has 0 saturated heterocycles. The number of rotatable bonds is 3. The molecule has 1 N–H and O–H groups in total. The Morgan fingerprint density at radius 2 is 2.11 bits per heavy atom. The molecule has 5 heteroatoms. The van der Waals surface area contributed by atoms with Gasteiger partial charge >= 0.3 is 0 Å². The highest BCUT2D eigenvalue weighted by atomic mass is 32.1. The molecule has 100 valence electrons. The molecule has 0 bridgehead atoms. The van der Waals surface area contributed by atoms with Crippen LogP contribution in [0.3, 0.4) is 0 Å². The Hall–Kier alpha value is -1.75. The Morgan fingerprint density at radius 3 is 2.74 bits per heavy atom. The molecular weight excluding hydrogens is 260 g/mol. The van der Waals surface area contributed by atoms with Crippen LogP contribution in [0.25, 0.3) is 0 Å². The average Bonchev–Trinajstić information content (AvgIpc) is 2.69. The monoisotopic (exact) mass is 276 g/mol. The summed E-state index contributed by atoms with van der Waals surface area (Å²) in [7, 11) is 0. The predicted octanol–water partition coefficient (Wildman–Crippen LogP) is 2.82. The zero-order valence-electron chi connectivity index (χ0n) is 11.2. The molecule has 2 rings (SSSR count). The van der Waals surface area contributed by atoms with Gasteiger partial charge in [0.25, 0.3) is 5.91 Å². The second kappa shape index (κ2) is 5.48. The molecule has 0 aliphatic carbocycles. The van der Waals surface area contributed by atoms with Crippen LogP contribution in [-0.2, 0) is 6.54 Å². The van der Waals surface area contributed by atoms with Crippen molar-refractivity contribution in [2.45, 2.75) is 32.2 Å². The molecule has 4 nitrogen and oxygen atoms in total. The normalized spacial score (nSPS) is 10.5. The predicted molar refractivity (Wildman–Crippen MR) is 75.6 cm³/mol. The maximum atomic E-state index is 12.1. The van der Waals surface area contributed by atoms with Crippen molar-refractivity contribution in [3.8, 4) is 0 Å². The number of aryl methyl sites for hydroxylation is 3. The second-order valence-corrected chi connectivity index (χ2v) is 5.00. The van der Waals surface area contributed by atoms with E-state index in [0.29, 0.717) is 12.1 Å². The molecule has 0 saturated carbocycles. The van der Waals surface area contributed by atoms with Gasteiger partial charge in [0, 0.05) is 22.6 Å². The Bertz CT molecular complexity index is 600. The van der Waals surface area contributed by atoms with E-state index in [1.807, 2.05) is 32.9 Å². The van der Waals surface area contributed by atoms with Crippen molar-refractivity contribution in [2.75, 3.05) is 0 Å². The van der Waals surface area contributed by atoms with Crippen molar-refractivity contribution in [3.63, 3.8) is 0 Å². The van der Waals surface area contributed by atoms with Crippen LogP contribution in [0.5, 0.6) is 0 Å². The van der Waals surface area contributed by atoms with E-state index in [9.17, 15) is 4.79 Å². The highest BCUT2D eigenvalue weighted by Crippen LogP contribution is 2.15. The average molecular weight is 276 g/mol. The fraction of sp³-hybridized carbons (Fsp3) is 0.286. The Kier molecular flexibility index (Phi) is 3.95. The third kappa shape index (κ3) is 2.98. The quantitative estimate of drug-likeness (QED) is 0.848. The van der Waals surface area contributed by atoms with Crippen LogP contribution in [0.15, 0.2) is 27.6 Å². The highest BCUT2D eigenvalue weighted by molar-refractivity contribution is 7.80. The summed E-state index contributed by atoms with van der Waals surface area (Å²) in [5, 5.41) is 6.74. The van der Waals surface area contributed by atoms with Gasteiger partial charge in [0.2, 0.25) is 0 Å². The van der Waals surface area contributed by atoms with Crippen LogP contribution < -0.4 is 5.32 Å². The van der Waals surface area contributed by atoms with Crippen molar-refractivity contribution >= 4 is 18.5 Å². The Balaban J connectivity index is 2.12. The summed E-state index contributed by atoms with van der Waals surface area (Å²) in [6.45, 7) is 6.01. The van der Waals surface area contributed by atoms with Crippen molar-refractivity contribution in [3.05, 3.63) is 46.3 Å². The van der Waals surface area contributed by atoms with Gasteiger partial charge in [-0.15, -0.1) is 12.6 Å². The molecule has 1 aromatic heterocycles. The minimum Gasteiger partial charge on any atom is -0.361 e. The first kappa shape index (κ1) is 13.7. The van der Waals surface area contributed by atoms with E-state index in [1.54, 1.807) is 6.07 Å². The molecule has 0 atom stereocenters. The van der Waals surface area contributed by atoms with Crippen molar-refractivity contribution in [2.24, 2.45) is 0 Å². The zero-order valence-corrected chi connectivity index (χ0v) is 12.0. The van der Waals surface area contributed by atoms with Gasteiger partial charge in [0.15, 0.2) is 0 Å². The SMILES string of the molecule is Cc1ccc(S)cc1C(=O)NCc1c(C)noc1C. The number of benzene rings is 1. The maximum absolute atomic E-state index is 12.1. The van der Waals surface area contributed by atoms with Crippen LogP contribution in [-0.4, -0.2) is 11.1 Å². The molecule has 1 aromatic carbocycles. The summed E-state index contributed by atoms with van der Waals surface area (Å²) in [6, 6.07) is 5.51. The van der Waals surface area contributed by atoms with Crippen molar-refractivity contribution in [1.29, 1.82) is 0 Å². The van der Waals surface area contributed by atoms with Gasteiger partial charge in [-0.2, -0.15) is 0 Å². The van der Waals surface area contributed by atoms with E-state index in [2.05, 4.69) is 23.1 Å². The Labute approximate surface area is 117 Å². The molecule has 0 aliphatic heterocycles. The molecule has 1 heterocycles. The van der Waals surface area contributed by atoms with Gasteiger partial charge in [-0.05, 0) is 38.5 Å². The second-order valence-electron chi connectivity index (χ2n) is 4.48. The molecule has 1 amide bonds. The van der Waals surface area contributed by atoms with Crippen molar-refractivity contribution in [1.82, 2.24) is 10.5 Å². The van der Waals surface area contributed by atoms with Gasteiger partial charge in [0.05, 0.1) is 5.69 Å². The minimum absolute atomic E-state index is 0.117. The van der Waals surface area contributed by atoms with Crippen molar-refractivity contribution < 1.29 is 9.32 Å². The first-order valence-corrected chi connectivity index (χ1v) is 6.43. The van der Waals surface area contributed by atoms with E-state index >= 15 is 0 Å². The molecule has 19 heavy (non-hydrogen) atoms. The van der Waals surface area contributed by atoms with Crippen LogP contribution in [0, 0.1) is 20.8 Å². The molecule has 0 spiro atoms. The summed E-state index contributed by atoms with van der Waals surface area (Å²) in [6.07, 6.45) is 0. The number of carbonyl (C=O) groups excluding carboxylic acids is 1. The number of carbonyl (C=O) groups is 1. The lowest BCUT2D eigenvalue weighted by atomic mass is 10.1. The zero-order chi connectivity index (χ0) is 14.0. The van der Waals surface area contributed by atoms with Crippen LogP contribution in [0.1, 0.15) is 32.9 Å². The summed E-state index contributed by atoms with van der Waals surface area (Å²) >= 11 is 4.25. The number of hydrogen-bond donors (Lipinski definition) is 2. The van der Waals surface area contributed by atoms with Crippen LogP contribution >= 0.6 is 12.6 Å². The molecule has 0 aliphatic rings. The topological polar surface area (TPSA) is 55.1 Å². The lowest BCUT2D eigenvalue weighted by Gasteiger charge is -2.08. The molecule has 0 unspecified atom stereocenters. The third-order valence-electron chi connectivity index (χ3n) is 3.07. The van der Waals surface area contributed by atoms with E-state index < -0.39 is 0 Å². The van der Waals surface area contributed by atoms with Crippen LogP contribution in [0.2, 0.25) is 0 Å². The fourth-order valence-corrected chi connectivity index (χ4v) is 2.08. The summed E-state index contributed by atoms with van der Waals surface area (Å²) in [5.41, 5.74) is 3.29. The number of hydrogen-bond acceptors (Lipinski definition) is 4. The summed E-state index contributed by atoms with van der Waals surface area (Å²) < 4.78 is 5.06. The first-order valence-electron chi connectivity index (χ1n) is 5.98. The number of nitrogens with zero attached hydrogens (tertiary/aromatic N) is 1. The van der Waals surface area contributed by atoms with E-state index in [1.165, 1.54) is 0 Å². The molecular formula is C14H16N2O2S. The number of thiol groups is 1. The van der Waals surface area contributed by atoms with E-state index in [0.717, 1.165) is 27.5 Å². The number of amides is 1. The van der Waals surface area contributed by atoms with Gasteiger partial charge in [-0.3, -0.25) is 4.79 Å². The smallest absolute Gasteiger partial charge is 0.251 e. The summed E-state index contributed by atoms with van der Waals surface area (Å²) in [5.74, 6) is 0.617. The Morgan fingerprint density at radius 1 is 1.37 bits per heavy atom. The molecule has 0 fully saturated rings. The highest BCUT2D eigenvalue weighted by Gasteiger charge is 2.13. The van der Waals surface area contributed by atoms with Gasteiger partial charge < -0.3 is 9.84 Å².